The molecule has 4 aromatic rings. The summed E-state index contributed by atoms with van der Waals surface area (Å²) in [6.07, 6.45) is 4.98. The predicted octanol–water partition coefficient (Wildman–Crippen LogP) is 5.21. The highest BCUT2D eigenvalue weighted by atomic mass is 16.1. The first-order valence-electron chi connectivity index (χ1n) is 11.9. The standard InChI is InChI=1S/C28H30N4O/c1-2-25-27(32-17-7-6-10-26(32)30-25)28(33)29-20-21-11-13-24(14-12-21)31-18-15-23(16-19-31)22-8-4-3-5-9-22/h3-14,17,23H,2,15-16,18-20H2,1H3,(H,29,33). The van der Waals surface area contributed by atoms with Crippen LogP contribution in [0, 0.1) is 0 Å². The van der Waals surface area contributed by atoms with Crippen LogP contribution in [0.15, 0.2) is 79.0 Å². The quantitative estimate of drug-likeness (QED) is 0.450. The number of pyridine rings is 1. The van der Waals surface area contributed by atoms with Gasteiger partial charge in [-0.25, -0.2) is 4.98 Å². The van der Waals surface area contributed by atoms with Crippen LogP contribution in [0.5, 0.6) is 0 Å². The van der Waals surface area contributed by atoms with E-state index in [1.807, 2.05) is 35.7 Å². The minimum atomic E-state index is -0.0855. The van der Waals surface area contributed by atoms with Crippen molar-refractivity contribution in [3.05, 3.63) is 102 Å². The number of rotatable bonds is 6. The van der Waals surface area contributed by atoms with Gasteiger partial charge in [0.2, 0.25) is 0 Å². The summed E-state index contributed by atoms with van der Waals surface area (Å²) in [7, 11) is 0. The fourth-order valence-electron chi connectivity index (χ4n) is 4.82. The highest BCUT2D eigenvalue weighted by Crippen LogP contribution is 2.30. The Bertz CT molecular complexity index is 1220. The largest absolute Gasteiger partial charge is 0.371 e. The van der Waals surface area contributed by atoms with Crippen LogP contribution in [-0.2, 0) is 13.0 Å². The molecular formula is C28H30N4O. The average molecular weight is 439 g/mol. The molecule has 3 heterocycles. The first-order chi connectivity index (χ1) is 16.2. The summed E-state index contributed by atoms with van der Waals surface area (Å²) in [4.78, 5) is 20.0. The molecule has 5 nitrogen and oxygen atoms in total. The van der Waals surface area contributed by atoms with Crippen LogP contribution in [0.4, 0.5) is 5.69 Å². The second-order valence-electron chi connectivity index (χ2n) is 8.71. The summed E-state index contributed by atoms with van der Waals surface area (Å²) >= 11 is 0. The number of imidazole rings is 1. The molecule has 2 aromatic carbocycles. The molecule has 0 spiro atoms. The van der Waals surface area contributed by atoms with Crippen LogP contribution in [0.2, 0.25) is 0 Å². The molecule has 1 saturated heterocycles. The zero-order valence-electron chi connectivity index (χ0n) is 19.1. The Hall–Kier alpha value is -3.60. The maximum absolute atomic E-state index is 13.0. The van der Waals surface area contributed by atoms with Gasteiger partial charge in [0.15, 0.2) is 0 Å². The number of piperidine rings is 1. The zero-order valence-corrected chi connectivity index (χ0v) is 19.1. The SMILES string of the molecule is CCc1nc2ccccn2c1C(=O)NCc1ccc(N2CCC(c3ccccc3)CC2)cc1. The van der Waals surface area contributed by atoms with Gasteiger partial charge in [-0.1, -0.05) is 55.5 Å². The average Bonchev–Trinajstić information content (AvgIpc) is 3.27. The molecular weight excluding hydrogens is 408 g/mol. The molecule has 168 valence electrons. The van der Waals surface area contributed by atoms with Crippen molar-refractivity contribution in [3.8, 4) is 0 Å². The first kappa shape index (κ1) is 21.3. The van der Waals surface area contributed by atoms with Crippen LogP contribution in [0.1, 0.15) is 53.0 Å². The number of carbonyl (C=O) groups excluding carboxylic acids is 1. The van der Waals surface area contributed by atoms with Gasteiger partial charge in [-0.3, -0.25) is 9.20 Å². The van der Waals surface area contributed by atoms with Gasteiger partial charge < -0.3 is 10.2 Å². The van der Waals surface area contributed by atoms with Crippen molar-refractivity contribution in [2.75, 3.05) is 18.0 Å². The molecule has 1 aliphatic heterocycles. The lowest BCUT2D eigenvalue weighted by Gasteiger charge is -2.34. The Balaban J connectivity index is 1.19. The molecule has 5 rings (SSSR count). The monoisotopic (exact) mass is 438 g/mol. The highest BCUT2D eigenvalue weighted by Gasteiger charge is 2.21. The van der Waals surface area contributed by atoms with Crippen LogP contribution >= 0.6 is 0 Å². The van der Waals surface area contributed by atoms with Crippen molar-refractivity contribution in [2.24, 2.45) is 0 Å². The van der Waals surface area contributed by atoms with E-state index in [9.17, 15) is 4.79 Å². The normalized spacial score (nSPS) is 14.5. The van der Waals surface area contributed by atoms with Gasteiger partial charge >= 0.3 is 0 Å². The van der Waals surface area contributed by atoms with E-state index in [0.29, 0.717) is 18.2 Å². The molecule has 0 unspecified atom stereocenters. The lowest BCUT2D eigenvalue weighted by atomic mass is 9.89. The molecule has 0 atom stereocenters. The summed E-state index contributed by atoms with van der Waals surface area (Å²) < 4.78 is 1.87. The predicted molar refractivity (Wildman–Crippen MR) is 133 cm³/mol. The molecule has 1 N–H and O–H groups in total. The third-order valence-electron chi connectivity index (χ3n) is 6.67. The Labute approximate surface area is 195 Å². The second-order valence-corrected chi connectivity index (χ2v) is 8.71. The number of hydrogen-bond acceptors (Lipinski definition) is 3. The van der Waals surface area contributed by atoms with E-state index in [1.54, 1.807) is 0 Å². The number of hydrogen-bond donors (Lipinski definition) is 1. The van der Waals surface area contributed by atoms with Crippen LogP contribution in [0.25, 0.3) is 5.65 Å². The van der Waals surface area contributed by atoms with Gasteiger partial charge in [-0.2, -0.15) is 0 Å². The van der Waals surface area contributed by atoms with Gasteiger partial charge in [-0.05, 0) is 60.6 Å². The molecule has 0 aliphatic carbocycles. The fraction of sp³-hybridized carbons (Fsp3) is 0.286. The molecule has 5 heteroatoms. The van der Waals surface area contributed by atoms with Crippen molar-refractivity contribution in [3.63, 3.8) is 0 Å². The Morgan fingerprint density at radius 3 is 2.42 bits per heavy atom. The van der Waals surface area contributed by atoms with Crippen LogP contribution < -0.4 is 10.2 Å². The smallest absolute Gasteiger partial charge is 0.270 e. The van der Waals surface area contributed by atoms with Crippen molar-refractivity contribution < 1.29 is 4.79 Å². The molecule has 0 saturated carbocycles. The maximum atomic E-state index is 13.0. The number of amides is 1. The van der Waals surface area contributed by atoms with E-state index in [4.69, 9.17) is 0 Å². The lowest BCUT2D eigenvalue weighted by Crippen LogP contribution is -2.32. The molecule has 1 amide bonds. The summed E-state index contributed by atoms with van der Waals surface area (Å²) in [5.74, 6) is 0.571. The lowest BCUT2D eigenvalue weighted by molar-refractivity contribution is 0.0944. The second kappa shape index (κ2) is 9.49. The number of aromatic nitrogens is 2. The van der Waals surface area contributed by atoms with E-state index in [1.165, 1.54) is 24.1 Å². The zero-order chi connectivity index (χ0) is 22.6. The van der Waals surface area contributed by atoms with E-state index < -0.39 is 0 Å². The van der Waals surface area contributed by atoms with Gasteiger partial charge in [0, 0.05) is 31.5 Å². The first-order valence-corrected chi connectivity index (χ1v) is 11.9. The van der Waals surface area contributed by atoms with Crippen molar-refractivity contribution in [1.29, 1.82) is 0 Å². The Kier molecular flexibility index (Phi) is 6.11. The van der Waals surface area contributed by atoms with E-state index in [0.717, 1.165) is 36.4 Å². The van der Waals surface area contributed by atoms with Gasteiger partial charge in [0.05, 0.1) is 5.69 Å². The van der Waals surface area contributed by atoms with Gasteiger partial charge in [-0.15, -0.1) is 0 Å². The number of carbonyl (C=O) groups is 1. The number of anilines is 1. The van der Waals surface area contributed by atoms with Gasteiger partial charge in [0.1, 0.15) is 11.3 Å². The van der Waals surface area contributed by atoms with Gasteiger partial charge in [0.25, 0.3) is 5.91 Å². The maximum Gasteiger partial charge on any atom is 0.270 e. The Morgan fingerprint density at radius 1 is 0.970 bits per heavy atom. The molecule has 0 radical (unpaired) electrons. The highest BCUT2D eigenvalue weighted by molar-refractivity contribution is 5.94. The van der Waals surface area contributed by atoms with E-state index in [-0.39, 0.29) is 5.91 Å². The summed E-state index contributed by atoms with van der Waals surface area (Å²) in [5.41, 5.74) is 6.07. The number of benzene rings is 2. The minimum Gasteiger partial charge on any atom is -0.371 e. The van der Waals surface area contributed by atoms with Crippen molar-refractivity contribution >= 4 is 17.2 Å². The summed E-state index contributed by atoms with van der Waals surface area (Å²) in [5, 5.41) is 3.08. The fourth-order valence-corrected chi connectivity index (χ4v) is 4.82. The molecule has 33 heavy (non-hydrogen) atoms. The number of aryl methyl sites for hydroxylation is 1. The molecule has 1 fully saturated rings. The summed E-state index contributed by atoms with van der Waals surface area (Å²) in [6.45, 7) is 4.67. The summed E-state index contributed by atoms with van der Waals surface area (Å²) in [6, 6.07) is 25.2. The number of fused-ring (bicyclic) bond motifs is 1. The topological polar surface area (TPSA) is 49.6 Å². The number of nitrogens with zero attached hydrogens (tertiary/aromatic N) is 3. The van der Waals surface area contributed by atoms with Crippen LogP contribution in [0.3, 0.4) is 0 Å². The van der Waals surface area contributed by atoms with Crippen LogP contribution in [-0.4, -0.2) is 28.4 Å². The third kappa shape index (κ3) is 4.49. The molecule has 1 aliphatic rings. The third-order valence-corrected chi connectivity index (χ3v) is 6.67. The van der Waals surface area contributed by atoms with E-state index in [2.05, 4.69) is 69.8 Å². The Morgan fingerprint density at radius 2 is 1.70 bits per heavy atom. The molecule has 2 aromatic heterocycles. The van der Waals surface area contributed by atoms with Crippen molar-refractivity contribution in [1.82, 2.24) is 14.7 Å². The van der Waals surface area contributed by atoms with E-state index >= 15 is 0 Å². The molecule has 0 bridgehead atoms. The number of nitrogens with one attached hydrogen (secondary N) is 1. The minimum absolute atomic E-state index is 0.0855. The van der Waals surface area contributed by atoms with Crippen molar-refractivity contribution in [2.45, 2.75) is 38.6 Å².